The van der Waals surface area contributed by atoms with Crippen LogP contribution in [0.3, 0.4) is 0 Å². The van der Waals surface area contributed by atoms with Crippen LogP contribution in [0.25, 0.3) is 6.08 Å². The molecule has 2 heterocycles. The van der Waals surface area contributed by atoms with E-state index >= 15 is 0 Å². The Morgan fingerprint density at radius 2 is 1.78 bits per heavy atom. The van der Waals surface area contributed by atoms with Gasteiger partial charge < -0.3 is 15.1 Å². The van der Waals surface area contributed by atoms with Crippen molar-refractivity contribution >= 4 is 34.9 Å². The minimum atomic E-state index is -1.26. The number of anilines is 1. The molecule has 2 aliphatic heterocycles. The molecular weight excluding hydrogens is 574 g/mol. The zero-order chi connectivity index (χ0) is 33.4. The van der Waals surface area contributed by atoms with Crippen molar-refractivity contribution in [2.24, 2.45) is 5.92 Å². The fourth-order valence-electron chi connectivity index (χ4n) is 7.66. The van der Waals surface area contributed by atoms with Crippen LogP contribution >= 0.6 is 0 Å². The Bertz CT molecular complexity index is 1750. The Morgan fingerprint density at radius 3 is 2.46 bits per heavy atom. The summed E-state index contributed by atoms with van der Waals surface area (Å²) in [5, 5.41) is 30.2. The van der Waals surface area contributed by atoms with Gasteiger partial charge in [-0.2, -0.15) is 9.84 Å². The number of para-hydroxylation sites is 1. The van der Waals surface area contributed by atoms with E-state index in [4.69, 9.17) is 0 Å². The van der Waals surface area contributed by atoms with E-state index < -0.39 is 17.3 Å². The number of aliphatic hydroxyl groups excluding tert-OH is 1. The molecule has 0 saturated heterocycles. The summed E-state index contributed by atoms with van der Waals surface area (Å²) in [6, 6.07) is 15.9. The molecule has 0 amide bonds. The molecular formula is C39H46N3O4+. The van der Waals surface area contributed by atoms with Crippen LogP contribution in [-0.2, 0) is 20.4 Å². The lowest BCUT2D eigenvalue weighted by atomic mass is 9.75. The Hall–Kier alpha value is -4.44. The summed E-state index contributed by atoms with van der Waals surface area (Å²) < 4.78 is 2.30. The number of allylic oxidation sites excluding steroid dienone is 4. The normalized spacial score (nSPS) is 20.8. The van der Waals surface area contributed by atoms with Gasteiger partial charge in [0, 0.05) is 47.8 Å². The summed E-state index contributed by atoms with van der Waals surface area (Å²) in [6.45, 7) is 14.4. The van der Waals surface area contributed by atoms with E-state index in [9.17, 15) is 25.1 Å². The maximum Gasteiger partial charge on any atom is 0.346 e. The average molecular weight is 621 g/mol. The molecule has 5 rings (SSSR count). The maximum atomic E-state index is 14.4. The molecule has 2 aromatic rings. The number of aliphatic carboxylic acids is 1. The number of ketones is 1. The van der Waals surface area contributed by atoms with Crippen molar-refractivity contribution in [3.63, 3.8) is 0 Å². The first-order valence-electron chi connectivity index (χ1n) is 16.6. The van der Waals surface area contributed by atoms with Crippen LogP contribution in [0.15, 0.2) is 71.1 Å². The van der Waals surface area contributed by atoms with Crippen LogP contribution in [0.5, 0.6) is 0 Å². The first kappa shape index (κ1) is 32.9. The number of hydrogen-bond acceptors (Lipinski definition) is 5. The lowest BCUT2D eigenvalue weighted by molar-refractivity contribution is -0.440. The minimum Gasteiger partial charge on any atom is -0.512 e. The third kappa shape index (κ3) is 5.59. The molecule has 240 valence electrons. The van der Waals surface area contributed by atoms with Gasteiger partial charge in [0.25, 0.3) is 0 Å². The van der Waals surface area contributed by atoms with Crippen molar-refractivity contribution in [1.82, 2.24) is 0 Å². The highest BCUT2D eigenvalue weighted by molar-refractivity contribution is 6.18. The summed E-state index contributed by atoms with van der Waals surface area (Å²) in [5.74, 6) is -1.65. The standard InChI is InChI=1S/C39H45N3O4/c1-7-9-10-13-19-41-32-17-16-25(20-26(24-40)37(45)46)21-30(32)38(3,4)34(41)23-27-33(43)22-28(35(27)44)36-39(5,6)29-14-11-12-15-31(29)42(36)18-8-2/h11-12,14-17,20-21,23,28H,7-10,13,18-19,22H2,1-6H3,(H-,43,44,45,46)/p+1/b26-20-,34-23?. The number of rotatable bonds is 11. The zero-order valence-corrected chi connectivity index (χ0v) is 28.0. The topological polar surface area (TPSA) is 105 Å². The number of aliphatic hydroxyl groups is 1. The molecule has 7 nitrogen and oxygen atoms in total. The zero-order valence-electron chi connectivity index (χ0n) is 28.0. The Balaban J connectivity index is 1.57. The van der Waals surface area contributed by atoms with Gasteiger partial charge in [0.15, 0.2) is 11.5 Å². The van der Waals surface area contributed by atoms with Gasteiger partial charge in [0.2, 0.25) is 5.69 Å². The number of nitrogens with zero attached hydrogens (tertiary/aromatic N) is 3. The molecule has 0 saturated carbocycles. The number of carboxylic acids is 1. The number of nitriles is 1. The molecule has 0 radical (unpaired) electrons. The highest BCUT2D eigenvalue weighted by Gasteiger charge is 2.53. The summed E-state index contributed by atoms with van der Waals surface area (Å²) in [7, 11) is 0. The van der Waals surface area contributed by atoms with Crippen molar-refractivity contribution in [2.45, 2.75) is 90.9 Å². The predicted molar refractivity (Wildman–Crippen MR) is 183 cm³/mol. The van der Waals surface area contributed by atoms with E-state index in [1.807, 2.05) is 30.3 Å². The molecule has 1 aliphatic carbocycles. The predicted octanol–water partition coefficient (Wildman–Crippen LogP) is 8.13. The van der Waals surface area contributed by atoms with Gasteiger partial charge in [-0.3, -0.25) is 4.79 Å². The van der Waals surface area contributed by atoms with Gasteiger partial charge in [-0.1, -0.05) is 71.2 Å². The van der Waals surface area contributed by atoms with E-state index in [1.165, 1.54) is 11.6 Å². The number of carboxylic acid groups (broad SMARTS) is 1. The second kappa shape index (κ2) is 12.7. The van der Waals surface area contributed by atoms with Gasteiger partial charge in [0.05, 0.1) is 11.0 Å². The molecule has 3 aliphatic rings. The Kier molecular flexibility index (Phi) is 9.13. The van der Waals surface area contributed by atoms with Crippen molar-refractivity contribution in [3.8, 4) is 6.07 Å². The molecule has 0 fully saturated rings. The SMILES string of the molecule is CCCCCCN1C(=CC2=C(O)CC(C3=[N+](CCC)c4ccccc4C3(C)C)C2=O)C(C)(C)c2cc(/C=C(/C#N)C(=O)O)ccc21. The van der Waals surface area contributed by atoms with Gasteiger partial charge in [-0.05, 0) is 55.7 Å². The molecule has 7 heteroatoms. The maximum absolute atomic E-state index is 14.4. The third-order valence-corrected chi connectivity index (χ3v) is 9.96. The van der Waals surface area contributed by atoms with Crippen LogP contribution in [-0.4, -0.2) is 45.3 Å². The van der Waals surface area contributed by atoms with Gasteiger partial charge in [-0.15, -0.1) is 0 Å². The molecule has 2 aromatic carbocycles. The van der Waals surface area contributed by atoms with Crippen molar-refractivity contribution in [2.75, 3.05) is 18.0 Å². The number of carbonyl (C=O) groups excluding carboxylic acids is 1. The van der Waals surface area contributed by atoms with E-state index in [1.54, 1.807) is 6.07 Å². The van der Waals surface area contributed by atoms with Crippen LogP contribution in [0, 0.1) is 17.2 Å². The monoisotopic (exact) mass is 620 g/mol. The van der Waals surface area contributed by atoms with Gasteiger partial charge in [-0.25, -0.2) is 4.79 Å². The highest BCUT2D eigenvalue weighted by Crippen LogP contribution is 2.50. The second-order valence-corrected chi connectivity index (χ2v) is 13.8. The van der Waals surface area contributed by atoms with E-state index in [0.29, 0.717) is 11.1 Å². The lowest BCUT2D eigenvalue weighted by Crippen LogP contribution is -2.38. The second-order valence-electron chi connectivity index (χ2n) is 13.8. The molecule has 1 unspecified atom stereocenters. The number of Topliss-reactive ketones (excluding diaryl/α,β-unsaturated/α-hetero) is 1. The number of carbonyl (C=O) groups is 2. The number of benzene rings is 2. The average Bonchev–Trinajstić information content (AvgIpc) is 3.50. The largest absolute Gasteiger partial charge is 0.512 e. The Morgan fingerprint density at radius 1 is 1.04 bits per heavy atom. The fourth-order valence-corrected chi connectivity index (χ4v) is 7.66. The fraction of sp³-hybridized carbons (Fsp3) is 0.436. The van der Waals surface area contributed by atoms with E-state index in [2.05, 4.69) is 69.2 Å². The molecule has 0 spiro atoms. The highest BCUT2D eigenvalue weighted by atomic mass is 16.4. The summed E-state index contributed by atoms with van der Waals surface area (Å²) in [4.78, 5) is 28.2. The lowest BCUT2D eigenvalue weighted by Gasteiger charge is -2.27. The van der Waals surface area contributed by atoms with Crippen molar-refractivity contribution in [3.05, 3.63) is 87.8 Å². The molecule has 2 N–H and O–H groups in total. The summed E-state index contributed by atoms with van der Waals surface area (Å²) >= 11 is 0. The molecule has 46 heavy (non-hydrogen) atoms. The van der Waals surface area contributed by atoms with Crippen molar-refractivity contribution in [1.29, 1.82) is 5.26 Å². The molecule has 0 bridgehead atoms. The van der Waals surface area contributed by atoms with Crippen LogP contribution in [0.4, 0.5) is 11.4 Å². The van der Waals surface area contributed by atoms with E-state index in [-0.39, 0.29) is 29.0 Å². The van der Waals surface area contributed by atoms with Crippen molar-refractivity contribution < 1.29 is 24.4 Å². The molecule has 1 atom stereocenters. The first-order valence-corrected chi connectivity index (χ1v) is 16.6. The summed E-state index contributed by atoms with van der Waals surface area (Å²) in [6.07, 6.45) is 8.82. The number of fused-ring (bicyclic) bond motifs is 2. The summed E-state index contributed by atoms with van der Waals surface area (Å²) in [5.41, 5.74) is 6.08. The van der Waals surface area contributed by atoms with Gasteiger partial charge in [0.1, 0.15) is 29.9 Å². The minimum absolute atomic E-state index is 0.0524. The Labute approximate surface area is 272 Å². The first-order chi connectivity index (χ1) is 21.9. The third-order valence-electron chi connectivity index (χ3n) is 9.96. The van der Waals surface area contributed by atoms with E-state index in [0.717, 1.165) is 73.5 Å². The van der Waals surface area contributed by atoms with Crippen LogP contribution in [0.2, 0.25) is 0 Å². The number of hydrogen-bond donors (Lipinski definition) is 2. The van der Waals surface area contributed by atoms with Crippen LogP contribution in [0.1, 0.15) is 96.8 Å². The smallest absolute Gasteiger partial charge is 0.346 e. The van der Waals surface area contributed by atoms with Gasteiger partial charge >= 0.3 is 5.97 Å². The molecule has 0 aromatic heterocycles. The van der Waals surface area contributed by atoms with Crippen LogP contribution < -0.4 is 4.90 Å². The quantitative estimate of drug-likeness (QED) is 0.114. The number of unbranched alkanes of at least 4 members (excludes halogenated alkanes) is 3.